The maximum absolute atomic E-state index is 12.1. The summed E-state index contributed by atoms with van der Waals surface area (Å²) in [5.41, 5.74) is 5.85. The third-order valence-electron chi connectivity index (χ3n) is 4.04. The van der Waals surface area contributed by atoms with Crippen LogP contribution in [0.4, 0.5) is 5.69 Å². The second kappa shape index (κ2) is 10.3. The number of nitrogens with one attached hydrogen (secondary N) is 3. The van der Waals surface area contributed by atoms with Gasteiger partial charge in [-0.1, -0.05) is 26.8 Å². The Kier molecular flexibility index (Phi) is 8.06. The van der Waals surface area contributed by atoms with Gasteiger partial charge in [-0.15, -0.1) is 0 Å². The van der Waals surface area contributed by atoms with E-state index in [1.165, 1.54) is 24.3 Å². The van der Waals surface area contributed by atoms with Crippen LogP contribution in [-0.2, 0) is 10.2 Å². The quantitative estimate of drug-likeness (QED) is 0.321. The van der Waals surface area contributed by atoms with Crippen molar-refractivity contribution in [2.45, 2.75) is 26.2 Å². The van der Waals surface area contributed by atoms with Gasteiger partial charge in [-0.25, -0.2) is 0 Å². The van der Waals surface area contributed by atoms with Gasteiger partial charge in [0.15, 0.2) is 11.7 Å². The monoisotopic (exact) mass is 508 g/mol. The molecular weight excluding hydrogens is 488 g/mol. The lowest BCUT2D eigenvalue weighted by atomic mass is 9.87. The highest BCUT2D eigenvalue weighted by molar-refractivity contribution is 9.10. The average molecular weight is 509 g/mol. The first kappa shape index (κ1) is 24.2. The molecule has 0 saturated heterocycles. The summed E-state index contributed by atoms with van der Waals surface area (Å²) in [6, 6.07) is 10.7. The Balaban J connectivity index is 1.80. The van der Waals surface area contributed by atoms with Gasteiger partial charge in [0.1, 0.15) is 5.75 Å². The van der Waals surface area contributed by atoms with E-state index in [1.54, 1.807) is 6.07 Å². The maximum Gasteiger partial charge on any atom is 0.276 e. The number of hydrogen-bond acceptors (Lipinski definition) is 6. The second-order valence-electron chi connectivity index (χ2n) is 7.44. The molecule has 0 aromatic heterocycles. The molecular formula is C20H21BrN4O5S. The van der Waals surface area contributed by atoms with Crippen molar-refractivity contribution in [1.29, 1.82) is 0 Å². The average Bonchev–Trinajstić information content (AvgIpc) is 2.70. The Bertz CT molecular complexity index is 1010. The molecule has 0 bridgehead atoms. The van der Waals surface area contributed by atoms with Crippen LogP contribution >= 0.6 is 28.1 Å². The normalized spacial score (nSPS) is 10.7. The number of nitrogens with zero attached hydrogens (tertiary/aromatic N) is 1. The summed E-state index contributed by atoms with van der Waals surface area (Å²) >= 11 is 8.38. The Hall–Kier alpha value is -3.05. The van der Waals surface area contributed by atoms with Gasteiger partial charge in [0, 0.05) is 17.7 Å². The summed E-state index contributed by atoms with van der Waals surface area (Å²) in [6.07, 6.45) is 0. The fourth-order valence-corrected chi connectivity index (χ4v) is 2.97. The topological polar surface area (TPSA) is 123 Å². The fraction of sp³-hybridized carbons (Fsp3) is 0.250. The van der Waals surface area contributed by atoms with Crippen molar-refractivity contribution in [3.8, 4) is 5.75 Å². The van der Waals surface area contributed by atoms with Crippen molar-refractivity contribution in [2.24, 2.45) is 0 Å². The minimum Gasteiger partial charge on any atom is -0.483 e. The van der Waals surface area contributed by atoms with Gasteiger partial charge in [-0.2, -0.15) is 0 Å². The molecule has 0 heterocycles. The molecule has 0 radical (unpaired) electrons. The van der Waals surface area contributed by atoms with E-state index in [9.17, 15) is 19.7 Å². The zero-order chi connectivity index (χ0) is 23.2. The van der Waals surface area contributed by atoms with Crippen molar-refractivity contribution in [3.05, 3.63) is 68.2 Å². The van der Waals surface area contributed by atoms with E-state index in [0.29, 0.717) is 5.75 Å². The molecule has 11 heteroatoms. The van der Waals surface area contributed by atoms with Crippen molar-refractivity contribution in [3.63, 3.8) is 0 Å². The lowest BCUT2D eigenvalue weighted by molar-refractivity contribution is -0.384. The number of hydrogen-bond donors (Lipinski definition) is 3. The van der Waals surface area contributed by atoms with Crippen molar-refractivity contribution in [2.75, 3.05) is 6.61 Å². The largest absolute Gasteiger partial charge is 0.483 e. The molecule has 9 nitrogen and oxygen atoms in total. The summed E-state index contributed by atoms with van der Waals surface area (Å²) in [5, 5.41) is 12.9. The minimum absolute atomic E-state index is 0.0169. The summed E-state index contributed by atoms with van der Waals surface area (Å²) in [6.45, 7) is 6.01. The highest BCUT2D eigenvalue weighted by atomic mass is 79.9. The van der Waals surface area contributed by atoms with Gasteiger partial charge in [-0.3, -0.25) is 35.9 Å². The van der Waals surface area contributed by atoms with Gasteiger partial charge in [0.05, 0.1) is 9.40 Å². The number of nitro benzene ring substituents is 1. The van der Waals surface area contributed by atoms with E-state index >= 15 is 0 Å². The molecule has 2 aromatic rings. The highest BCUT2D eigenvalue weighted by Gasteiger charge is 2.16. The summed E-state index contributed by atoms with van der Waals surface area (Å²) in [5.74, 6) is -0.586. The molecule has 31 heavy (non-hydrogen) atoms. The van der Waals surface area contributed by atoms with Gasteiger partial charge in [0.25, 0.3) is 17.5 Å². The van der Waals surface area contributed by atoms with E-state index < -0.39 is 16.7 Å². The van der Waals surface area contributed by atoms with Gasteiger partial charge >= 0.3 is 0 Å². The Morgan fingerprint density at radius 1 is 1.13 bits per heavy atom. The number of carbonyl (C=O) groups is 2. The van der Waals surface area contributed by atoms with Crippen LogP contribution in [0.5, 0.6) is 5.75 Å². The van der Waals surface area contributed by atoms with Crippen LogP contribution in [0.3, 0.4) is 0 Å². The summed E-state index contributed by atoms with van der Waals surface area (Å²) < 4.78 is 6.22. The number of amides is 2. The number of hydrazine groups is 1. The van der Waals surface area contributed by atoms with Crippen LogP contribution in [0, 0.1) is 10.1 Å². The molecule has 0 saturated carbocycles. The number of thiocarbonyl (C=S) groups is 1. The molecule has 0 unspecified atom stereocenters. The van der Waals surface area contributed by atoms with E-state index in [1.807, 2.05) is 12.1 Å². The van der Waals surface area contributed by atoms with E-state index in [4.69, 9.17) is 17.0 Å². The molecule has 0 atom stereocenters. The summed E-state index contributed by atoms with van der Waals surface area (Å²) in [4.78, 5) is 34.1. The van der Waals surface area contributed by atoms with Crippen molar-refractivity contribution >= 4 is 50.8 Å². The number of halogens is 1. The smallest absolute Gasteiger partial charge is 0.276 e. The van der Waals surface area contributed by atoms with Crippen LogP contribution in [0.15, 0.2) is 46.9 Å². The zero-order valence-corrected chi connectivity index (χ0v) is 19.4. The van der Waals surface area contributed by atoms with Crippen molar-refractivity contribution in [1.82, 2.24) is 16.2 Å². The van der Waals surface area contributed by atoms with Crippen LogP contribution in [-0.4, -0.2) is 28.5 Å². The van der Waals surface area contributed by atoms with E-state index in [0.717, 1.165) is 10.0 Å². The molecule has 0 aliphatic rings. The second-order valence-corrected chi connectivity index (χ2v) is 8.71. The number of nitro groups is 1. The third-order valence-corrected chi connectivity index (χ3v) is 4.86. The van der Waals surface area contributed by atoms with Crippen LogP contribution in [0.2, 0.25) is 0 Å². The molecule has 0 aliphatic carbocycles. The predicted octanol–water partition coefficient (Wildman–Crippen LogP) is 3.37. The molecule has 2 aromatic carbocycles. The number of carbonyl (C=O) groups excluding carboxylic acids is 2. The van der Waals surface area contributed by atoms with E-state index in [2.05, 4.69) is 52.9 Å². The SMILES string of the molecule is CC(C)(C)c1ccc(OCC(=O)NNC(=S)NC(=O)c2ccc([N+](=O)[O-])cc2)c(Br)c1. The zero-order valence-electron chi connectivity index (χ0n) is 17.0. The number of rotatable bonds is 5. The predicted molar refractivity (Wildman–Crippen MR) is 123 cm³/mol. The Labute approximate surface area is 192 Å². The molecule has 2 rings (SSSR count). The van der Waals surface area contributed by atoms with Gasteiger partial charge in [-0.05, 0) is 63.4 Å². The first-order valence-electron chi connectivity index (χ1n) is 9.05. The van der Waals surface area contributed by atoms with E-state index in [-0.39, 0.29) is 28.4 Å². The first-order chi connectivity index (χ1) is 14.5. The third kappa shape index (κ3) is 7.30. The molecule has 2 amide bonds. The lowest BCUT2D eigenvalue weighted by Gasteiger charge is -2.20. The highest BCUT2D eigenvalue weighted by Crippen LogP contribution is 2.31. The number of non-ortho nitro benzene ring substituents is 1. The van der Waals surface area contributed by atoms with Crippen LogP contribution in [0.1, 0.15) is 36.7 Å². The molecule has 0 aliphatic heterocycles. The Morgan fingerprint density at radius 2 is 1.77 bits per heavy atom. The van der Waals surface area contributed by atoms with Gasteiger partial charge in [0.2, 0.25) is 0 Å². The molecule has 0 fully saturated rings. The first-order valence-corrected chi connectivity index (χ1v) is 10.2. The summed E-state index contributed by atoms with van der Waals surface area (Å²) in [7, 11) is 0. The van der Waals surface area contributed by atoms with Crippen molar-refractivity contribution < 1.29 is 19.2 Å². The Morgan fingerprint density at radius 3 is 2.32 bits per heavy atom. The maximum atomic E-state index is 12.1. The lowest BCUT2D eigenvalue weighted by Crippen LogP contribution is -2.49. The minimum atomic E-state index is -0.583. The standard InChI is InChI=1S/C20H21BrN4O5S/c1-20(2,3)13-6-9-16(15(21)10-13)30-11-17(26)23-24-19(31)22-18(27)12-4-7-14(8-5-12)25(28)29/h4-10H,11H2,1-3H3,(H,23,26)(H2,22,24,27,31). The molecule has 3 N–H and O–H groups in total. The molecule has 0 spiro atoms. The molecule has 164 valence electrons. The number of benzene rings is 2. The fourth-order valence-electron chi connectivity index (χ4n) is 2.33. The van der Waals surface area contributed by atoms with Crippen LogP contribution < -0.4 is 20.9 Å². The number of ether oxygens (including phenoxy) is 1. The van der Waals surface area contributed by atoms with Gasteiger partial charge < -0.3 is 4.74 Å². The van der Waals surface area contributed by atoms with Crippen LogP contribution in [0.25, 0.3) is 0 Å².